The number of nitrogens with one attached hydrogen (secondary N) is 1. The molecule has 0 aliphatic carbocycles. The van der Waals surface area contributed by atoms with Crippen molar-refractivity contribution in [3.8, 4) is 5.75 Å². The van der Waals surface area contributed by atoms with Gasteiger partial charge in [-0.1, -0.05) is 48.0 Å². The normalized spacial score (nSPS) is 16.6. The van der Waals surface area contributed by atoms with Crippen LogP contribution in [0.1, 0.15) is 17.5 Å². The van der Waals surface area contributed by atoms with E-state index in [-0.39, 0.29) is 24.5 Å². The van der Waals surface area contributed by atoms with E-state index in [1.54, 1.807) is 0 Å². The molecule has 0 spiro atoms. The van der Waals surface area contributed by atoms with Crippen molar-refractivity contribution >= 4 is 11.8 Å². The van der Waals surface area contributed by atoms with Crippen LogP contribution in [0.15, 0.2) is 54.6 Å². The molecule has 1 heterocycles. The molecule has 0 saturated carbocycles. The second-order valence-electron chi connectivity index (χ2n) is 6.65. The topological polar surface area (TPSA) is 58.6 Å². The van der Waals surface area contributed by atoms with Gasteiger partial charge in [0.05, 0.1) is 6.04 Å². The minimum atomic E-state index is -0.201. The van der Waals surface area contributed by atoms with Gasteiger partial charge in [-0.3, -0.25) is 9.59 Å². The van der Waals surface area contributed by atoms with E-state index < -0.39 is 0 Å². The third-order valence-corrected chi connectivity index (χ3v) is 4.48. The zero-order chi connectivity index (χ0) is 18.4. The summed E-state index contributed by atoms with van der Waals surface area (Å²) in [4.78, 5) is 26.0. The minimum Gasteiger partial charge on any atom is -0.484 e. The summed E-state index contributed by atoms with van der Waals surface area (Å²) >= 11 is 0. The van der Waals surface area contributed by atoms with Crippen molar-refractivity contribution < 1.29 is 14.3 Å². The maximum absolute atomic E-state index is 12.1. The molecular weight excluding hydrogens is 328 g/mol. The maximum Gasteiger partial charge on any atom is 0.258 e. The van der Waals surface area contributed by atoms with E-state index in [1.165, 1.54) is 5.56 Å². The van der Waals surface area contributed by atoms with Crippen LogP contribution in [-0.4, -0.2) is 42.5 Å². The molecule has 5 heteroatoms. The fourth-order valence-corrected chi connectivity index (χ4v) is 3.05. The van der Waals surface area contributed by atoms with Gasteiger partial charge in [-0.2, -0.15) is 0 Å². The van der Waals surface area contributed by atoms with Crippen LogP contribution < -0.4 is 10.1 Å². The molecule has 136 valence electrons. The minimum absolute atomic E-state index is 0.0439. The van der Waals surface area contributed by atoms with Gasteiger partial charge in [0.2, 0.25) is 5.91 Å². The van der Waals surface area contributed by atoms with E-state index in [0.717, 1.165) is 12.0 Å². The van der Waals surface area contributed by atoms with Crippen molar-refractivity contribution in [2.24, 2.45) is 0 Å². The van der Waals surface area contributed by atoms with Gasteiger partial charge in [-0.15, -0.1) is 0 Å². The van der Waals surface area contributed by atoms with Crippen molar-refractivity contribution in [1.82, 2.24) is 10.2 Å². The molecule has 0 aromatic heterocycles. The number of amides is 2. The molecule has 1 fully saturated rings. The highest BCUT2D eigenvalue weighted by molar-refractivity contribution is 5.82. The van der Waals surface area contributed by atoms with E-state index >= 15 is 0 Å². The summed E-state index contributed by atoms with van der Waals surface area (Å²) in [5.41, 5.74) is 2.35. The molecule has 5 nitrogen and oxygen atoms in total. The first-order valence-corrected chi connectivity index (χ1v) is 8.90. The third-order valence-electron chi connectivity index (χ3n) is 4.48. The fraction of sp³-hybridized carbons (Fsp3) is 0.333. The van der Waals surface area contributed by atoms with Crippen LogP contribution in [0.4, 0.5) is 0 Å². The SMILES string of the molecule is Cc1ccc(OCC(=O)NC2CC(=O)N(CCc3ccccc3)C2)cc1. The summed E-state index contributed by atoms with van der Waals surface area (Å²) in [6.07, 6.45) is 1.18. The number of rotatable bonds is 7. The molecule has 2 aromatic carbocycles. The van der Waals surface area contributed by atoms with E-state index in [0.29, 0.717) is 25.3 Å². The van der Waals surface area contributed by atoms with Crippen molar-refractivity contribution in [2.75, 3.05) is 19.7 Å². The quantitative estimate of drug-likeness (QED) is 0.832. The van der Waals surface area contributed by atoms with Crippen LogP contribution in [0, 0.1) is 6.92 Å². The molecule has 1 unspecified atom stereocenters. The van der Waals surface area contributed by atoms with Crippen LogP contribution in [0.25, 0.3) is 0 Å². The molecule has 3 rings (SSSR count). The van der Waals surface area contributed by atoms with E-state index in [4.69, 9.17) is 4.74 Å². The largest absolute Gasteiger partial charge is 0.484 e. The average molecular weight is 352 g/mol. The molecule has 0 bridgehead atoms. The lowest BCUT2D eigenvalue weighted by atomic mass is 10.1. The average Bonchev–Trinajstić information content (AvgIpc) is 2.99. The summed E-state index contributed by atoms with van der Waals surface area (Å²) in [7, 11) is 0. The number of aryl methyl sites for hydroxylation is 1. The van der Waals surface area contributed by atoms with E-state index in [1.807, 2.05) is 54.3 Å². The maximum atomic E-state index is 12.1. The van der Waals surface area contributed by atoms with Crippen molar-refractivity contribution in [3.05, 3.63) is 65.7 Å². The first-order chi connectivity index (χ1) is 12.6. The first-order valence-electron chi connectivity index (χ1n) is 8.90. The van der Waals surface area contributed by atoms with Gasteiger partial charge in [0.25, 0.3) is 5.91 Å². The molecular formula is C21H24N2O3. The van der Waals surface area contributed by atoms with E-state index in [9.17, 15) is 9.59 Å². The molecule has 1 N–H and O–H groups in total. The Labute approximate surface area is 154 Å². The lowest BCUT2D eigenvalue weighted by Gasteiger charge is -2.17. The number of hydrogen-bond donors (Lipinski definition) is 1. The lowest BCUT2D eigenvalue weighted by molar-refractivity contribution is -0.127. The third kappa shape index (κ3) is 5.09. The molecule has 1 aliphatic heterocycles. The second-order valence-corrected chi connectivity index (χ2v) is 6.65. The Morgan fingerprint density at radius 2 is 1.88 bits per heavy atom. The van der Waals surface area contributed by atoms with Crippen molar-refractivity contribution in [3.63, 3.8) is 0 Å². The molecule has 2 aromatic rings. The number of hydrogen-bond acceptors (Lipinski definition) is 3. The molecule has 1 aliphatic rings. The van der Waals surface area contributed by atoms with Crippen LogP contribution in [0.5, 0.6) is 5.75 Å². The van der Waals surface area contributed by atoms with Crippen molar-refractivity contribution in [1.29, 1.82) is 0 Å². The Balaban J connectivity index is 1.41. The summed E-state index contributed by atoms with van der Waals surface area (Å²) in [5, 5.41) is 2.89. The van der Waals surface area contributed by atoms with Gasteiger partial charge < -0.3 is 15.0 Å². The molecule has 1 atom stereocenters. The Hall–Kier alpha value is -2.82. The monoisotopic (exact) mass is 352 g/mol. The molecule has 26 heavy (non-hydrogen) atoms. The van der Waals surface area contributed by atoms with Gasteiger partial charge >= 0.3 is 0 Å². The smallest absolute Gasteiger partial charge is 0.258 e. The predicted molar refractivity (Wildman–Crippen MR) is 99.9 cm³/mol. The Morgan fingerprint density at radius 3 is 2.62 bits per heavy atom. The molecule has 1 saturated heterocycles. The lowest BCUT2D eigenvalue weighted by Crippen LogP contribution is -2.39. The zero-order valence-corrected chi connectivity index (χ0v) is 15.0. The summed E-state index contributed by atoms with van der Waals surface area (Å²) < 4.78 is 5.48. The van der Waals surface area contributed by atoms with Crippen LogP contribution >= 0.6 is 0 Å². The number of benzene rings is 2. The van der Waals surface area contributed by atoms with Gasteiger partial charge in [-0.25, -0.2) is 0 Å². The second kappa shape index (κ2) is 8.52. The van der Waals surface area contributed by atoms with Gasteiger partial charge in [0, 0.05) is 19.5 Å². The Morgan fingerprint density at radius 1 is 1.15 bits per heavy atom. The highest BCUT2D eigenvalue weighted by atomic mass is 16.5. The number of carbonyl (C=O) groups excluding carboxylic acids is 2. The number of ether oxygens (including phenoxy) is 1. The standard InChI is InChI=1S/C21H24N2O3/c1-16-7-9-19(10-8-16)26-15-20(24)22-18-13-21(25)23(14-18)12-11-17-5-3-2-4-6-17/h2-10,18H,11-15H2,1H3,(H,22,24). The summed E-state index contributed by atoms with van der Waals surface area (Å²) in [5.74, 6) is 0.553. The van der Waals surface area contributed by atoms with Gasteiger partial charge in [0.15, 0.2) is 6.61 Å². The molecule has 0 radical (unpaired) electrons. The number of nitrogens with zero attached hydrogens (tertiary/aromatic N) is 1. The highest BCUT2D eigenvalue weighted by Crippen LogP contribution is 2.13. The van der Waals surface area contributed by atoms with Crippen LogP contribution in [0.3, 0.4) is 0 Å². The van der Waals surface area contributed by atoms with Crippen LogP contribution in [0.2, 0.25) is 0 Å². The summed E-state index contributed by atoms with van der Waals surface area (Å²) in [6, 6.07) is 17.5. The van der Waals surface area contributed by atoms with E-state index in [2.05, 4.69) is 17.4 Å². The van der Waals surface area contributed by atoms with Crippen molar-refractivity contribution in [2.45, 2.75) is 25.8 Å². The summed E-state index contributed by atoms with van der Waals surface area (Å²) in [6.45, 7) is 3.19. The zero-order valence-electron chi connectivity index (χ0n) is 15.0. The van der Waals surface area contributed by atoms with Gasteiger partial charge in [0.1, 0.15) is 5.75 Å². The predicted octanol–water partition coefficient (Wildman–Crippen LogP) is 2.33. The first kappa shape index (κ1) is 18.0. The number of carbonyl (C=O) groups is 2. The van der Waals surface area contributed by atoms with Gasteiger partial charge in [-0.05, 0) is 31.0 Å². The number of likely N-dealkylation sites (tertiary alicyclic amines) is 1. The molecule has 2 amide bonds. The fourth-order valence-electron chi connectivity index (χ4n) is 3.05. The Bertz CT molecular complexity index is 744. The van der Waals surface area contributed by atoms with Crippen LogP contribution in [-0.2, 0) is 16.0 Å². The highest BCUT2D eigenvalue weighted by Gasteiger charge is 2.30. The Kier molecular flexibility index (Phi) is 5.89.